The Balaban J connectivity index is 1.41. The van der Waals surface area contributed by atoms with Crippen molar-refractivity contribution >= 4 is 52.3 Å². The molecular formula is C25H21ClF3N3O2S. The van der Waals surface area contributed by atoms with Gasteiger partial charge in [0.15, 0.2) is 5.11 Å². The molecule has 182 valence electrons. The molecule has 5 nitrogen and oxygen atoms in total. The Morgan fingerprint density at radius 2 is 1.77 bits per heavy atom. The van der Waals surface area contributed by atoms with Crippen LogP contribution in [0.25, 0.3) is 17.4 Å². The van der Waals surface area contributed by atoms with Gasteiger partial charge in [-0.15, -0.1) is 0 Å². The molecular weight excluding hydrogens is 499 g/mol. The first-order valence-electron chi connectivity index (χ1n) is 10.8. The van der Waals surface area contributed by atoms with Gasteiger partial charge in [0.1, 0.15) is 11.5 Å². The largest absolute Gasteiger partial charge is 0.457 e. The maximum absolute atomic E-state index is 13.2. The molecule has 0 saturated carbocycles. The normalized spacial score (nSPS) is 13.9. The predicted octanol–water partition coefficient (Wildman–Crippen LogP) is 6.75. The van der Waals surface area contributed by atoms with Crippen LogP contribution in [-0.4, -0.2) is 24.1 Å². The fourth-order valence-corrected chi connectivity index (χ4v) is 4.06. The number of nitrogens with zero attached hydrogens (tertiary/aromatic N) is 1. The summed E-state index contributed by atoms with van der Waals surface area (Å²) in [6.07, 6.45) is 0.114. The first kappa shape index (κ1) is 24.8. The van der Waals surface area contributed by atoms with Crippen LogP contribution in [0.3, 0.4) is 0 Å². The van der Waals surface area contributed by atoms with Crippen molar-refractivity contribution in [2.45, 2.75) is 19.0 Å². The van der Waals surface area contributed by atoms with E-state index in [1.165, 1.54) is 18.2 Å². The number of nitrogens with one attached hydrogen (secondary N) is 2. The highest BCUT2D eigenvalue weighted by Crippen LogP contribution is 2.36. The van der Waals surface area contributed by atoms with Gasteiger partial charge >= 0.3 is 6.18 Å². The Kier molecular flexibility index (Phi) is 7.47. The molecule has 10 heteroatoms. The van der Waals surface area contributed by atoms with Crippen LogP contribution < -0.4 is 15.5 Å². The van der Waals surface area contributed by atoms with E-state index in [2.05, 4.69) is 10.6 Å². The molecule has 2 aromatic carbocycles. The molecule has 4 rings (SSSR count). The van der Waals surface area contributed by atoms with Crippen molar-refractivity contribution in [3.8, 4) is 11.3 Å². The summed E-state index contributed by atoms with van der Waals surface area (Å²) in [6.45, 7) is 1.48. The van der Waals surface area contributed by atoms with E-state index < -0.39 is 17.6 Å². The second-order valence-corrected chi connectivity index (χ2v) is 8.75. The van der Waals surface area contributed by atoms with E-state index in [4.69, 9.17) is 28.2 Å². The van der Waals surface area contributed by atoms with Gasteiger partial charge in [-0.3, -0.25) is 10.1 Å². The molecule has 1 aliphatic heterocycles. The first-order chi connectivity index (χ1) is 16.7. The summed E-state index contributed by atoms with van der Waals surface area (Å²) in [6, 6.07) is 14.1. The quantitative estimate of drug-likeness (QED) is 0.288. The van der Waals surface area contributed by atoms with E-state index in [0.717, 1.165) is 43.6 Å². The van der Waals surface area contributed by atoms with Gasteiger partial charge in [0.25, 0.3) is 0 Å². The smallest absolute Gasteiger partial charge is 0.416 e. The number of anilines is 2. The number of alkyl halides is 3. The van der Waals surface area contributed by atoms with Gasteiger partial charge < -0.3 is 14.6 Å². The fourth-order valence-electron chi connectivity index (χ4n) is 3.72. The Bertz CT molecular complexity index is 1250. The molecule has 1 fully saturated rings. The first-order valence-corrected chi connectivity index (χ1v) is 11.6. The molecule has 1 aromatic heterocycles. The van der Waals surface area contributed by atoms with Gasteiger partial charge in [0.05, 0.1) is 16.9 Å². The van der Waals surface area contributed by atoms with Crippen LogP contribution in [0, 0.1) is 0 Å². The van der Waals surface area contributed by atoms with Crippen molar-refractivity contribution in [1.82, 2.24) is 5.32 Å². The molecule has 1 aliphatic rings. The molecule has 0 bridgehead atoms. The highest BCUT2D eigenvalue weighted by atomic mass is 35.5. The van der Waals surface area contributed by atoms with E-state index in [0.29, 0.717) is 22.2 Å². The SMILES string of the molecule is O=C(C=Cc1ccc(-c2ccc(Cl)cc2)o1)NC(=S)Nc1cc(C(F)(F)F)ccc1N1CCCC1. The summed E-state index contributed by atoms with van der Waals surface area (Å²) in [4.78, 5) is 14.3. The van der Waals surface area contributed by atoms with Crippen molar-refractivity contribution in [1.29, 1.82) is 0 Å². The van der Waals surface area contributed by atoms with Gasteiger partial charge in [-0.2, -0.15) is 13.2 Å². The van der Waals surface area contributed by atoms with Crippen LogP contribution in [0.4, 0.5) is 24.5 Å². The van der Waals surface area contributed by atoms with Crippen LogP contribution in [0.1, 0.15) is 24.2 Å². The summed E-state index contributed by atoms with van der Waals surface area (Å²) in [7, 11) is 0. The maximum atomic E-state index is 13.2. The summed E-state index contributed by atoms with van der Waals surface area (Å²) < 4.78 is 45.4. The second kappa shape index (κ2) is 10.5. The fraction of sp³-hybridized carbons (Fsp3) is 0.200. The summed E-state index contributed by atoms with van der Waals surface area (Å²) >= 11 is 11.1. The number of hydrogen-bond donors (Lipinski definition) is 2. The van der Waals surface area contributed by atoms with Crippen molar-refractivity contribution < 1.29 is 22.4 Å². The van der Waals surface area contributed by atoms with Crippen molar-refractivity contribution in [2.24, 2.45) is 0 Å². The minimum Gasteiger partial charge on any atom is -0.457 e. The number of rotatable bonds is 5. The zero-order valence-electron chi connectivity index (χ0n) is 18.4. The predicted molar refractivity (Wildman–Crippen MR) is 135 cm³/mol. The summed E-state index contributed by atoms with van der Waals surface area (Å²) in [5.74, 6) is 0.498. The van der Waals surface area contributed by atoms with Gasteiger partial charge in [0, 0.05) is 29.8 Å². The lowest BCUT2D eigenvalue weighted by Gasteiger charge is -2.23. The monoisotopic (exact) mass is 519 g/mol. The molecule has 0 unspecified atom stereocenters. The van der Waals surface area contributed by atoms with Crippen molar-refractivity contribution in [2.75, 3.05) is 23.3 Å². The van der Waals surface area contributed by atoms with Crippen molar-refractivity contribution in [3.63, 3.8) is 0 Å². The lowest BCUT2D eigenvalue weighted by molar-refractivity contribution is -0.137. The molecule has 1 amide bonds. The molecule has 3 aromatic rings. The van der Waals surface area contributed by atoms with E-state index >= 15 is 0 Å². The topological polar surface area (TPSA) is 57.5 Å². The number of thiocarbonyl (C=S) groups is 1. The Hall–Kier alpha value is -3.30. The Morgan fingerprint density at radius 1 is 1.06 bits per heavy atom. The van der Waals surface area contributed by atoms with Crippen LogP contribution in [-0.2, 0) is 11.0 Å². The van der Waals surface area contributed by atoms with Gasteiger partial charge in [-0.25, -0.2) is 0 Å². The number of carbonyl (C=O) groups is 1. The zero-order valence-corrected chi connectivity index (χ0v) is 19.9. The minimum atomic E-state index is -4.50. The van der Waals surface area contributed by atoms with Gasteiger partial charge in [-0.1, -0.05) is 11.6 Å². The Labute approximate surface area is 210 Å². The highest BCUT2D eigenvalue weighted by molar-refractivity contribution is 7.80. The number of benzene rings is 2. The Morgan fingerprint density at radius 3 is 2.46 bits per heavy atom. The lowest BCUT2D eigenvalue weighted by Crippen LogP contribution is -2.33. The third kappa shape index (κ3) is 6.43. The standard InChI is InChI=1S/C25H21ClF3N3O2S/c26-18-6-3-16(4-7-18)22-11-8-19(34-22)9-12-23(33)31-24(35)30-20-15-17(25(27,28)29)5-10-21(20)32-13-1-2-14-32/h3-12,15H,1-2,13-14H2,(H2,30,31,33,35). The third-order valence-corrected chi connectivity index (χ3v) is 5.87. The summed E-state index contributed by atoms with van der Waals surface area (Å²) in [5.41, 5.74) is 0.827. The number of halogens is 4. The molecule has 2 heterocycles. The molecule has 35 heavy (non-hydrogen) atoms. The van der Waals surface area contributed by atoms with Crippen LogP contribution in [0.2, 0.25) is 5.02 Å². The van der Waals surface area contributed by atoms with E-state index in [1.54, 1.807) is 24.3 Å². The average Bonchev–Trinajstić information content (AvgIpc) is 3.50. The van der Waals surface area contributed by atoms with Crippen LogP contribution in [0.5, 0.6) is 0 Å². The number of furan rings is 1. The van der Waals surface area contributed by atoms with E-state index in [9.17, 15) is 18.0 Å². The number of carbonyl (C=O) groups excluding carboxylic acids is 1. The zero-order chi connectivity index (χ0) is 25.0. The molecule has 0 radical (unpaired) electrons. The molecule has 1 saturated heterocycles. The lowest BCUT2D eigenvalue weighted by atomic mass is 10.1. The van der Waals surface area contributed by atoms with Gasteiger partial charge in [-0.05, 0) is 85.7 Å². The number of hydrogen-bond acceptors (Lipinski definition) is 4. The highest BCUT2D eigenvalue weighted by Gasteiger charge is 2.32. The van der Waals surface area contributed by atoms with Gasteiger partial charge in [0.2, 0.25) is 5.91 Å². The van der Waals surface area contributed by atoms with Crippen molar-refractivity contribution in [3.05, 3.63) is 77.0 Å². The maximum Gasteiger partial charge on any atom is 0.416 e. The molecule has 0 aliphatic carbocycles. The summed E-state index contributed by atoms with van der Waals surface area (Å²) in [5, 5.41) is 5.71. The van der Waals surface area contributed by atoms with E-state index in [-0.39, 0.29) is 10.8 Å². The van der Waals surface area contributed by atoms with Crippen LogP contribution >= 0.6 is 23.8 Å². The number of amides is 1. The second-order valence-electron chi connectivity index (χ2n) is 7.91. The average molecular weight is 520 g/mol. The molecule has 0 atom stereocenters. The van der Waals surface area contributed by atoms with Crippen LogP contribution in [0.15, 0.2) is 65.1 Å². The molecule has 0 spiro atoms. The minimum absolute atomic E-state index is 0.110. The molecule has 2 N–H and O–H groups in total. The van der Waals surface area contributed by atoms with E-state index in [1.807, 2.05) is 17.0 Å². The third-order valence-electron chi connectivity index (χ3n) is 5.41.